The molecule has 0 N–H and O–H groups in total. The number of rotatable bonds is 1. The van der Waals surface area contributed by atoms with Crippen molar-refractivity contribution in [1.29, 1.82) is 0 Å². The van der Waals surface area contributed by atoms with Gasteiger partial charge in [0.1, 0.15) is 0 Å². The van der Waals surface area contributed by atoms with Gasteiger partial charge in [-0.3, -0.25) is 0 Å². The Kier molecular flexibility index (Phi) is 3.21. The Labute approximate surface area is 69.7 Å². The lowest BCUT2D eigenvalue weighted by molar-refractivity contribution is 1.48. The maximum Gasteiger partial charge on any atom is 0.0412 e. The Hall–Kier alpha value is -1.29. The highest BCUT2D eigenvalue weighted by atomic mass is 32.1. The van der Waals surface area contributed by atoms with Crippen LogP contribution in [0.1, 0.15) is 0 Å². The maximum atomic E-state index is 4.91. The molecule has 0 saturated carbocycles. The van der Waals surface area contributed by atoms with E-state index in [1.54, 1.807) is 0 Å². The van der Waals surface area contributed by atoms with Crippen LogP contribution in [0.25, 0.3) is 0 Å². The van der Waals surface area contributed by atoms with E-state index in [2.05, 4.69) is 16.2 Å². The largest absolute Gasteiger partial charge is 0.148 e. The van der Waals surface area contributed by atoms with Gasteiger partial charge in [-0.05, 0) is 12.1 Å². The Morgan fingerprint density at radius 1 is 1.27 bits per heavy atom. The number of isothiocyanates is 1. The summed E-state index contributed by atoms with van der Waals surface area (Å²) in [6.45, 7) is 0. The molecule has 0 amide bonds. The van der Waals surface area contributed by atoms with Crippen molar-refractivity contribution in [3.05, 3.63) is 30.3 Å². The second kappa shape index (κ2) is 4.51. The first-order chi connectivity index (χ1) is 5.43. The summed E-state index contributed by atoms with van der Waals surface area (Å²) in [5.74, 6) is 0. The first-order valence-corrected chi connectivity index (χ1v) is 3.99. The summed E-state index contributed by atoms with van der Waals surface area (Å²) in [7, 11) is 0. The molecule has 1 aromatic rings. The molecule has 0 bridgehead atoms. The predicted octanol–water partition coefficient (Wildman–Crippen LogP) is 2.01. The van der Waals surface area contributed by atoms with Gasteiger partial charge < -0.3 is 0 Å². The standard InChI is InChI=1S/C9H7NS/c1-2-10-8-11-9-6-4-3-5-7-9/h1,3-7,11H. The zero-order chi connectivity index (χ0) is 7.94. The van der Waals surface area contributed by atoms with Crippen molar-refractivity contribution >= 4 is 16.5 Å². The Morgan fingerprint density at radius 2 is 2.00 bits per heavy atom. The molecule has 0 aromatic heterocycles. The molecule has 0 atom stereocenters. The van der Waals surface area contributed by atoms with Crippen molar-refractivity contribution in [2.75, 3.05) is 0 Å². The van der Waals surface area contributed by atoms with Gasteiger partial charge in [-0.25, -0.2) is 0 Å². The van der Waals surface area contributed by atoms with Crippen LogP contribution in [0.4, 0.5) is 0 Å². The van der Waals surface area contributed by atoms with Gasteiger partial charge in [0.2, 0.25) is 0 Å². The van der Waals surface area contributed by atoms with Gasteiger partial charge in [-0.1, -0.05) is 24.6 Å². The number of hydrogen-bond acceptors (Lipinski definition) is 1. The lowest BCUT2D eigenvalue weighted by Crippen LogP contribution is -1.61. The molecule has 2 heteroatoms. The number of thiol groups is 1. The third kappa shape index (κ3) is 2.86. The highest BCUT2D eigenvalue weighted by molar-refractivity contribution is 7.97. The third-order valence-electron chi connectivity index (χ3n) is 1.05. The molecule has 54 valence electrons. The lowest BCUT2D eigenvalue weighted by atomic mass is 10.4. The van der Waals surface area contributed by atoms with Crippen LogP contribution in [0, 0.1) is 12.5 Å². The van der Waals surface area contributed by atoms with Crippen LogP contribution in [-0.4, -0.2) is 5.16 Å². The van der Waals surface area contributed by atoms with E-state index in [1.807, 2.05) is 30.3 Å². The molecule has 11 heavy (non-hydrogen) atoms. The van der Waals surface area contributed by atoms with E-state index in [0.717, 1.165) is 16.2 Å². The zero-order valence-electron chi connectivity index (χ0n) is 5.86. The minimum atomic E-state index is 0.919. The third-order valence-corrected chi connectivity index (χ3v) is 1.81. The SMILES string of the molecule is C#CN=C=[SH]c1ccccc1. The van der Waals surface area contributed by atoms with Crippen LogP contribution in [0.5, 0.6) is 0 Å². The minimum Gasteiger partial charge on any atom is -0.148 e. The fraction of sp³-hybridized carbons (Fsp3) is 0. The summed E-state index contributed by atoms with van der Waals surface area (Å²) in [5.41, 5.74) is 0. The first kappa shape index (κ1) is 7.81. The molecule has 0 fully saturated rings. The van der Waals surface area contributed by atoms with Crippen molar-refractivity contribution in [1.82, 2.24) is 0 Å². The second-order valence-electron chi connectivity index (χ2n) is 1.79. The zero-order valence-corrected chi connectivity index (χ0v) is 6.75. The van der Waals surface area contributed by atoms with Gasteiger partial charge in [0.15, 0.2) is 0 Å². The molecule has 1 aromatic carbocycles. The predicted molar refractivity (Wildman–Crippen MR) is 50.0 cm³/mol. The smallest absolute Gasteiger partial charge is 0.0412 e. The van der Waals surface area contributed by atoms with Gasteiger partial charge in [0.25, 0.3) is 0 Å². The van der Waals surface area contributed by atoms with Crippen LogP contribution in [0.15, 0.2) is 40.2 Å². The molecule has 0 spiro atoms. The van der Waals surface area contributed by atoms with Gasteiger partial charge in [0, 0.05) is 16.1 Å². The monoisotopic (exact) mass is 161 g/mol. The molecule has 1 nitrogen and oxygen atoms in total. The number of terminal acetylenes is 1. The van der Waals surface area contributed by atoms with Crippen molar-refractivity contribution in [2.45, 2.75) is 4.90 Å². The van der Waals surface area contributed by atoms with Crippen LogP contribution >= 0.6 is 11.4 Å². The quantitative estimate of drug-likeness (QED) is 0.280. The average Bonchev–Trinajstić information content (AvgIpc) is 2.07. The van der Waals surface area contributed by atoms with E-state index in [-0.39, 0.29) is 0 Å². The molecule has 0 aliphatic heterocycles. The first-order valence-electron chi connectivity index (χ1n) is 3.09. The van der Waals surface area contributed by atoms with Crippen molar-refractivity contribution in [3.63, 3.8) is 0 Å². The normalized spacial score (nSPS) is 7.91. The van der Waals surface area contributed by atoms with E-state index >= 15 is 0 Å². The molecular weight excluding hydrogens is 154 g/mol. The topological polar surface area (TPSA) is 12.4 Å². The number of hydrogen-bond donors (Lipinski definition) is 1. The lowest BCUT2D eigenvalue weighted by Gasteiger charge is -1.85. The Morgan fingerprint density at radius 3 is 2.64 bits per heavy atom. The molecule has 1 rings (SSSR count). The summed E-state index contributed by atoms with van der Waals surface area (Å²) in [6.07, 6.45) is 4.91. The number of nitrogens with zero attached hydrogens (tertiary/aromatic N) is 1. The minimum absolute atomic E-state index is 0.919. The van der Waals surface area contributed by atoms with Crippen molar-refractivity contribution < 1.29 is 0 Å². The molecule has 0 saturated heterocycles. The summed E-state index contributed by atoms with van der Waals surface area (Å²) >= 11 is 0.919. The Balaban J connectivity index is 2.82. The fourth-order valence-corrected chi connectivity index (χ4v) is 1.16. The molecule has 0 radical (unpaired) electrons. The number of benzene rings is 1. The van der Waals surface area contributed by atoms with Crippen LogP contribution in [0.2, 0.25) is 0 Å². The number of aliphatic imine (C=N–C) groups is 1. The molecule has 0 aliphatic carbocycles. The van der Waals surface area contributed by atoms with Gasteiger partial charge in [-0.2, -0.15) is 0 Å². The van der Waals surface area contributed by atoms with Gasteiger partial charge in [-0.15, -0.1) is 16.3 Å². The highest BCUT2D eigenvalue weighted by Gasteiger charge is 1.78. The van der Waals surface area contributed by atoms with E-state index in [9.17, 15) is 0 Å². The van der Waals surface area contributed by atoms with Crippen LogP contribution in [0.3, 0.4) is 0 Å². The molecule has 0 unspecified atom stereocenters. The molecular formula is C9H7NS. The van der Waals surface area contributed by atoms with Crippen molar-refractivity contribution in [3.8, 4) is 12.5 Å². The van der Waals surface area contributed by atoms with E-state index < -0.39 is 0 Å². The van der Waals surface area contributed by atoms with E-state index in [0.29, 0.717) is 0 Å². The fourth-order valence-electron chi connectivity index (χ4n) is 0.614. The highest BCUT2D eigenvalue weighted by Crippen LogP contribution is 2.06. The summed E-state index contributed by atoms with van der Waals surface area (Å²) in [5, 5.41) is 2.71. The molecule has 0 heterocycles. The summed E-state index contributed by atoms with van der Waals surface area (Å²) < 4.78 is 0. The Bertz CT molecular complexity index is 315. The van der Waals surface area contributed by atoms with Crippen LogP contribution < -0.4 is 0 Å². The molecule has 0 aliphatic rings. The van der Waals surface area contributed by atoms with E-state index in [1.165, 1.54) is 0 Å². The summed E-state index contributed by atoms with van der Waals surface area (Å²) in [6, 6.07) is 12.1. The van der Waals surface area contributed by atoms with Gasteiger partial charge >= 0.3 is 0 Å². The van der Waals surface area contributed by atoms with Gasteiger partial charge in [0.05, 0.1) is 0 Å². The maximum absolute atomic E-state index is 4.91. The van der Waals surface area contributed by atoms with E-state index in [4.69, 9.17) is 6.42 Å². The summed E-state index contributed by atoms with van der Waals surface area (Å²) in [4.78, 5) is 4.68. The van der Waals surface area contributed by atoms with Crippen LogP contribution in [-0.2, 0) is 0 Å². The average molecular weight is 161 g/mol. The van der Waals surface area contributed by atoms with Crippen molar-refractivity contribution in [2.24, 2.45) is 4.99 Å². The second-order valence-corrected chi connectivity index (χ2v) is 2.73.